The minimum absolute atomic E-state index is 0.160. The second-order valence-electron chi connectivity index (χ2n) is 6.28. The van der Waals surface area contributed by atoms with Crippen molar-refractivity contribution in [1.82, 2.24) is 15.5 Å². The van der Waals surface area contributed by atoms with Crippen molar-refractivity contribution < 1.29 is 13.6 Å². The van der Waals surface area contributed by atoms with Crippen LogP contribution in [0.2, 0.25) is 0 Å². The van der Waals surface area contributed by atoms with E-state index in [1.165, 1.54) is 23.9 Å². The summed E-state index contributed by atoms with van der Waals surface area (Å²) in [4.78, 5) is 12.4. The van der Waals surface area contributed by atoms with Gasteiger partial charge in [0.15, 0.2) is 0 Å². The Bertz CT molecular complexity index is 927. The van der Waals surface area contributed by atoms with Crippen molar-refractivity contribution in [3.63, 3.8) is 0 Å². The van der Waals surface area contributed by atoms with Gasteiger partial charge in [0.1, 0.15) is 5.82 Å². The van der Waals surface area contributed by atoms with Crippen LogP contribution in [0.4, 0.5) is 4.39 Å². The number of thioether (sulfide) groups is 1. The van der Waals surface area contributed by atoms with Crippen LogP contribution in [0.15, 0.2) is 58.2 Å². The van der Waals surface area contributed by atoms with Crippen molar-refractivity contribution in [2.24, 2.45) is 0 Å². The number of aryl methyl sites for hydroxylation is 1. The third kappa shape index (κ3) is 4.95. The van der Waals surface area contributed by atoms with Crippen LogP contribution in [0.1, 0.15) is 31.0 Å². The fraction of sp³-hybridized carbons (Fsp3) is 0.250. The van der Waals surface area contributed by atoms with Gasteiger partial charge in [0.25, 0.3) is 5.22 Å². The van der Waals surface area contributed by atoms with Gasteiger partial charge >= 0.3 is 0 Å². The molecule has 0 fully saturated rings. The summed E-state index contributed by atoms with van der Waals surface area (Å²) in [5, 5.41) is 10.9. The van der Waals surface area contributed by atoms with Crippen molar-refractivity contribution in [3.05, 3.63) is 65.5 Å². The van der Waals surface area contributed by atoms with Crippen LogP contribution in [0.25, 0.3) is 11.5 Å². The highest BCUT2D eigenvalue weighted by atomic mass is 32.2. The molecule has 1 N–H and O–H groups in total. The van der Waals surface area contributed by atoms with Crippen LogP contribution < -0.4 is 5.32 Å². The molecular formula is C20H20FN3O2S. The van der Waals surface area contributed by atoms with E-state index in [4.69, 9.17) is 4.42 Å². The third-order valence-corrected chi connectivity index (χ3v) is 4.98. The van der Waals surface area contributed by atoms with Gasteiger partial charge in [-0.05, 0) is 50.6 Å². The Balaban J connectivity index is 1.60. The summed E-state index contributed by atoms with van der Waals surface area (Å²) in [7, 11) is 0. The van der Waals surface area contributed by atoms with Crippen LogP contribution in [0.3, 0.4) is 0 Å². The van der Waals surface area contributed by atoms with Crippen molar-refractivity contribution >= 4 is 17.7 Å². The number of nitrogens with zero attached hydrogens (tertiary/aromatic N) is 2. The molecule has 0 radical (unpaired) electrons. The first-order chi connectivity index (χ1) is 12.9. The lowest BCUT2D eigenvalue weighted by Gasteiger charge is -2.16. The van der Waals surface area contributed by atoms with Gasteiger partial charge in [0, 0.05) is 5.56 Å². The van der Waals surface area contributed by atoms with Gasteiger partial charge in [-0.3, -0.25) is 4.79 Å². The molecule has 0 spiro atoms. The molecule has 1 heterocycles. The Morgan fingerprint density at radius 2 is 1.89 bits per heavy atom. The first kappa shape index (κ1) is 19.1. The standard InChI is InChI=1S/C20H20FN3O2S/c1-12-5-4-6-16(11-12)19-23-24-20(26-19)27-14(3)18(25)22-13(2)15-7-9-17(21)10-8-15/h4-11,13-14H,1-3H3,(H,22,25)/t13-,14+/m0/s1. The molecule has 3 rings (SSSR count). The van der Waals surface area contributed by atoms with Gasteiger partial charge in [-0.2, -0.15) is 0 Å². The Labute approximate surface area is 161 Å². The quantitative estimate of drug-likeness (QED) is 0.631. The fourth-order valence-corrected chi connectivity index (χ4v) is 3.21. The summed E-state index contributed by atoms with van der Waals surface area (Å²) >= 11 is 1.20. The van der Waals surface area contributed by atoms with Gasteiger partial charge in [-0.25, -0.2) is 4.39 Å². The minimum Gasteiger partial charge on any atom is -0.411 e. The van der Waals surface area contributed by atoms with Crippen LogP contribution in [0.5, 0.6) is 0 Å². The molecule has 7 heteroatoms. The molecule has 1 amide bonds. The number of carbonyl (C=O) groups is 1. The maximum Gasteiger partial charge on any atom is 0.277 e. The van der Waals surface area contributed by atoms with E-state index in [0.717, 1.165) is 16.7 Å². The van der Waals surface area contributed by atoms with E-state index in [1.54, 1.807) is 19.1 Å². The number of halogens is 1. The Morgan fingerprint density at radius 3 is 2.59 bits per heavy atom. The monoisotopic (exact) mass is 385 g/mol. The van der Waals surface area contributed by atoms with Crippen molar-refractivity contribution in [3.8, 4) is 11.5 Å². The summed E-state index contributed by atoms with van der Waals surface area (Å²) in [5.41, 5.74) is 2.78. The molecular weight excluding hydrogens is 365 g/mol. The van der Waals surface area contributed by atoms with Crippen LogP contribution in [0, 0.1) is 12.7 Å². The highest BCUT2D eigenvalue weighted by Crippen LogP contribution is 2.27. The molecule has 0 aliphatic rings. The van der Waals surface area contributed by atoms with E-state index >= 15 is 0 Å². The predicted octanol–water partition coefficient (Wildman–Crippen LogP) is 4.54. The third-order valence-electron chi connectivity index (χ3n) is 4.05. The number of nitrogens with one attached hydrogen (secondary N) is 1. The fourth-order valence-electron chi connectivity index (χ4n) is 2.52. The normalized spacial score (nSPS) is 13.2. The molecule has 1 aromatic heterocycles. The lowest BCUT2D eigenvalue weighted by atomic mass is 10.1. The largest absolute Gasteiger partial charge is 0.411 e. The molecule has 0 unspecified atom stereocenters. The molecule has 140 valence electrons. The molecule has 0 saturated heterocycles. The molecule has 2 atom stereocenters. The van der Waals surface area contributed by atoms with E-state index in [9.17, 15) is 9.18 Å². The highest BCUT2D eigenvalue weighted by molar-refractivity contribution is 8.00. The summed E-state index contributed by atoms with van der Waals surface area (Å²) < 4.78 is 18.7. The highest BCUT2D eigenvalue weighted by Gasteiger charge is 2.20. The van der Waals surface area contributed by atoms with Gasteiger partial charge < -0.3 is 9.73 Å². The summed E-state index contributed by atoms with van der Waals surface area (Å²) in [6, 6.07) is 13.6. The van der Waals surface area contributed by atoms with E-state index in [2.05, 4.69) is 15.5 Å². The van der Waals surface area contributed by atoms with E-state index in [0.29, 0.717) is 11.1 Å². The molecule has 0 saturated carbocycles. The lowest BCUT2D eigenvalue weighted by Crippen LogP contribution is -2.33. The molecule has 3 aromatic rings. The summed E-state index contributed by atoms with van der Waals surface area (Å²) in [5.74, 6) is -0.0392. The van der Waals surface area contributed by atoms with E-state index < -0.39 is 5.25 Å². The zero-order valence-electron chi connectivity index (χ0n) is 15.3. The molecule has 5 nitrogen and oxygen atoms in total. The number of hydrogen-bond donors (Lipinski definition) is 1. The van der Waals surface area contributed by atoms with Gasteiger partial charge in [0.05, 0.1) is 11.3 Å². The van der Waals surface area contributed by atoms with Gasteiger partial charge in [-0.15, -0.1) is 10.2 Å². The SMILES string of the molecule is Cc1cccc(-c2nnc(S[C@H](C)C(=O)N[C@@H](C)c3ccc(F)cc3)o2)c1. The van der Waals surface area contributed by atoms with Crippen LogP contribution in [-0.2, 0) is 4.79 Å². The Morgan fingerprint density at radius 1 is 1.15 bits per heavy atom. The smallest absolute Gasteiger partial charge is 0.277 e. The van der Waals surface area contributed by atoms with Crippen molar-refractivity contribution in [1.29, 1.82) is 0 Å². The average Bonchev–Trinajstić information content (AvgIpc) is 3.10. The topological polar surface area (TPSA) is 68.0 Å². The second-order valence-corrected chi connectivity index (χ2v) is 7.58. The van der Waals surface area contributed by atoms with Crippen LogP contribution in [-0.4, -0.2) is 21.4 Å². The number of aromatic nitrogens is 2. The first-order valence-corrected chi connectivity index (χ1v) is 9.43. The van der Waals surface area contributed by atoms with Crippen LogP contribution >= 0.6 is 11.8 Å². The average molecular weight is 385 g/mol. The van der Waals surface area contributed by atoms with Crippen molar-refractivity contribution in [2.45, 2.75) is 37.3 Å². The second kappa shape index (κ2) is 8.35. The number of amides is 1. The van der Waals surface area contributed by atoms with E-state index in [1.807, 2.05) is 38.1 Å². The number of carbonyl (C=O) groups excluding carboxylic acids is 1. The zero-order chi connectivity index (χ0) is 19.4. The first-order valence-electron chi connectivity index (χ1n) is 8.55. The maximum absolute atomic E-state index is 13.0. The molecule has 27 heavy (non-hydrogen) atoms. The number of benzene rings is 2. The van der Waals surface area contributed by atoms with E-state index in [-0.39, 0.29) is 17.8 Å². The molecule has 2 aromatic carbocycles. The summed E-state index contributed by atoms with van der Waals surface area (Å²) in [6.07, 6.45) is 0. The van der Waals surface area contributed by atoms with Crippen molar-refractivity contribution in [2.75, 3.05) is 0 Å². The Hall–Kier alpha value is -2.67. The molecule has 0 bridgehead atoms. The minimum atomic E-state index is -0.418. The number of rotatable bonds is 6. The molecule has 0 aliphatic heterocycles. The van der Waals surface area contributed by atoms with Gasteiger partial charge in [-0.1, -0.05) is 41.6 Å². The van der Waals surface area contributed by atoms with Gasteiger partial charge in [0.2, 0.25) is 11.8 Å². The maximum atomic E-state index is 13.0. The predicted molar refractivity (Wildman–Crippen MR) is 103 cm³/mol. The Kier molecular flexibility index (Phi) is 5.91. The number of hydrogen-bond acceptors (Lipinski definition) is 5. The summed E-state index contributed by atoms with van der Waals surface area (Å²) in [6.45, 7) is 5.61. The molecule has 0 aliphatic carbocycles. The zero-order valence-corrected chi connectivity index (χ0v) is 16.1. The lowest BCUT2D eigenvalue weighted by molar-refractivity contribution is -0.120.